The normalized spacial score (nSPS) is 16.5. The second-order valence-corrected chi connectivity index (χ2v) is 6.67. The van der Waals surface area contributed by atoms with E-state index in [2.05, 4.69) is 22.1 Å². The Morgan fingerprint density at radius 3 is 2.93 bits per heavy atom. The van der Waals surface area contributed by atoms with E-state index in [9.17, 15) is 4.79 Å². The maximum absolute atomic E-state index is 12.4. The number of nitrogens with one attached hydrogen (secondary N) is 1. The number of carbonyl (C=O) groups is 1. The Hall–Kier alpha value is -2.80. The van der Waals surface area contributed by atoms with Gasteiger partial charge in [0.1, 0.15) is 23.2 Å². The van der Waals surface area contributed by atoms with Crippen LogP contribution in [0.3, 0.4) is 0 Å². The van der Waals surface area contributed by atoms with Gasteiger partial charge in [-0.05, 0) is 36.8 Å². The second-order valence-electron chi connectivity index (χ2n) is 6.67. The van der Waals surface area contributed by atoms with Crippen molar-refractivity contribution in [3.05, 3.63) is 47.7 Å². The number of carbonyl (C=O) groups excluding carboxylic acids is 1. The maximum Gasteiger partial charge on any atom is 0.256 e. The van der Waals surface area contributed by atoms with Gasteiger partial charge in [-0.1, -0.05) is 6.92 Å². The molecule has 1 amide bonds. The molecule has 28 heavy (non-hydrogen) atoms. The van der Waals surface area contributed by atoms with Crippen LogP contribution in [0.15, 0.2) is 36.5 Å². The molecule has 0 saturated heterocycles. The fourth-order valence-electron chi connectivity index (χ4n) is 3.26. The Morgan fingerprint density at radius 2 is 2.18 bits per heavy atom. The van der Waals surface area contributed by atoms with Crippen molar-refractivity contribution in [1.82, 2.24) is 15.2 Å². The summed E-state index contributed by atoms with van der Waals surface area (Å²) in [6, 6.07) is 9.33. The minimum atomic E-state index is -0.190. The van der Waals surface area contributed by atoms with E-state index in [0.717, 1.165) is 36.6 Å². The third-order valence-electron chi connectivity index (χ3n) is 4.80. The SMILES string of the molecule is CCC1CN(CCNC(=O)c2cccnc2OC)Cc2cc(OC)ccc2O1. The molecule has 3 rings (SSSR count). The number of pyridine rings is 1. The smallest absolute Gasteiger partial charge is 0.256 e. The molecule has 1 unspecified atom stereocenters. The molecule has 0 spiro atoms. The summed E-state index contributed by atoms with van der Waals surface area (Å²) >= 11 is 0. The van der Waals surface area contributed by atoms with Crippen molar-refractivity contribution < 1.29 is 19.0 Å². The monoisotopic (exact) mass is 385 g/mol. The van der Waals surface area contributed by atoms with Crippen LogP contribution >= 0.6 is 0 Å². The summed E-state index contributed by atoms with van der Waals surface area (Å²) in [7, 11) is 3.17. The number of hydrogen-bond donors (Lipinski definition) is 1. The van der Waals surface area contributed by atoms with E-state index in [-0.39, 0.29) is 12.0 Å². The summed E-state index contributed by atoms with van der Waals surface area (Å²) in [6.45, 7) is 4.90. The Labute approximate surface area is 165 Å². The molecule has 1 aliphatic rings. The number of amides is 1. The third-order valence-corrected chi connectivity index (χ3v) is 4.80. The molecule has 1 N–H and O–H groups in total. The molecule has 7 heteroatoms. The standard InChI is InChI=1S/C21H27N3O4/c1-4-16-14-24(13-15-12-17(26-2)7-8-19(15)28-16)11-10-22-20(25)18-6-5-9-23-21(18)27-3/h5-9,12,16H,4,10-11,13-14H2,1-3H3,(H,22,25). The predicted molar refractivity (Wildman–Crippen MR) is 106 cm³/mol. The van der Waals surface area contributed by atoms with E-state index < -0.39 is 0 Å². The lowest BCUT2D eigenvalue weighted by Gasteiger charge is -2.23. The topological polar surface area (TPSA) is 72.9 Å². The van der Waals surface area contributed by atoms with Crippen molar-refractivity contribution in [2.45, 2.75) is 26.0 Å². The van der Waals surface area contributed by atoms with Crippen molar-refractivity contribution in [1.29, 1.82) is 0 Å². The molecule has 1 aromatic heterocycles. The van der Waals surface area contributed by atoms with E-state index in [1.165, 1.54) is 7.11 Å². The average molecular weight is 385 g/mol. The average Bonchev–Trinajstić information content (AvgIpc) is 2.91. The second kappa shape index (κ2) is 9.41. The van der Waals surface area contributed by atoms with Gasteiger partial charge in [0.2, 0.25) is 5.88 Å². The molecular formula is C21H27N3O4. The molecule has 0 radical (unpaired) electrons. The number of rotatable bonds is 7. The van der Waals surface area contributed by atoms with E-state index in [1.54, 1.807) is 25.4 Å². The Bertz CT molecular complexity index is 812. The van der Waals surface area contributed by atoms with Gasteiger partial charge in [-0.2, -0.15) is 0 Å². The highest BCUT2D eigenvalue weighted by atomic mass is 16.5. The number of ether oxygens (including phenoxy) is 3. The third kappa shape index (κ3) is 4.72. The summed E-state index contributed by atoms with van der Waals surface area (Å²) < 4.78 is 16.7. The van der Waals surface area contributed by atoms with Crippen molar-refractivity contribution in [2.24, 2.45) is 0 Å². The summed E-state index contributed by atoms with van der Waals surface area (Å²) in [5, 5.41) is 2.95. The molecular weight excluding hydrogens is 358 g/mol. The molecule has 0 fully saturated rings. The molecule has 0 bridgehead atoms. The minimum Gasteiger partial charge on any atom is -0.497 e. The number of hydrogen-bond acceptors (Lipinski definition) is 6. The van der Waals surface area contributed by atoms with E-state index in [4.69, 9.17) is 14.2 Å². The molecule has 150 valence electrons. The molecule has 0 saturated carbocycles. The van der Waals surface area contributed by atoms with Gasteiger partial charge in [-0.3, -0.25) is 9.69 Å². The van der Waals surface area contributed by atoms with E-state index in [1.807, 2.05) is 18.2 Å². The van der Waals surface area contributed by atoms with Crippen molar-refractivity contribution in [3.8, 4) is 17.4 Å². The number of fused-ring (bicyclic) bond motifs is 1. The molecule has 2 heterocycles. The van der Waals surface area contributed by atoms with Crippen LogP contribution in [-0.4, -0.2) is 55.7 Å². The highest BCUT2D eigenvalue weighted by Crippen LogP contribution is 2.29. The summed E-state index contributed by atoms with van der Waals surface area (Å²) in [5.41, 5.74) is 1.53. The molecule has 1 atom stereocenters. The fourth-order valence-corrected chi connectivity index (χ4v) is 3.26. The zero-order valence-corrected chi connectivity index (χ0v) is 16.6. The summed E-state index contributed by atoms with van der Waals surface area (Å²) in [6.07, 6.45) is 2.63. The highest BCUT2D eigenvalue weighted by molar-refractivity contribution is 5.96. The van der Waals surface area contributed by atoms with Gasteiger partial charge in [0.05, 0.1) is 14.2 Å². The van der Waals surface area contributed by atoms with Crippen molar-refractivity contribution in [3.63, 3.8) is 0 Å². The quantitative estimate of drug-likeness (QED) is 0.790. The van der Waals surface area contributed by atoms with Crippen LogP contribution in [-0.2, 0) is 6.54 Å². The number of methoxy groups -OCH3 is 2. The first kappa shape index (κ1) is 19.9. The number of nitrogens with zero attached hydrogens (tertiary/aromatic N) is 2. The van der Waals surface area contributed by atoms with Gasteiger partial charge in [-0.15, -0.1) is 0 Å². The number of aromatic nitrogens is 1. The van der Waals surface area contributed by atoms with Gasteiger partial charge in [0.25, 0.3) is 5.91 Å². The first-order valence-electron chi connectivity index (χ1n) is 9.47. The molecule has 1 aromatic carbocycles. The van der Waals surface area contributed by atoms with E-state index in [0.29, 0.717) is 24.5 Å². The van der Waals surface area contributed by atoms with Gasteiger partial charge in [0.15, 0.2) is 0 Å². The first-order valence-corrected chi connectivity index (χ1v) is 9.47. The Kier molecular flexibility index (Phi) is 6.71. The van der Waals surface area contributed by atoms with Gasteiger partial charge in [0, 0.05) is 37.9 Å². The zero-order chi connectivity index (χ0) is 19.9. The van der Waals surface area contributed by atoms with Crippen LogP contribution in [0, 0.1) is 0 Å². The molecule has 1 aliphatic heterocycles. The molecule has 0 aliphatic carbocycles. The minimum absolute atomic E-state index is 0.115. The van der Waals surface area contributed by atoms with Crippen LogP contribution in [0.2, 0.25) is 0 Å². The van der Waals surface area contributed by atoms with Crippen LogP contribution in [0.4, 0.5) is 0 Å². The summed E-state index contributed by atoms with van der Waals surface area (Å²) in [4.78, 5) is 18.8. The van der Waals surface area contributed by atoms with Gasteiger partial charge >= 0.3 is 0 Å². The predicted octanol–water partition coefficient (Wildman–Crippen LogP) is 2.50. The Balaban J connectivity index is 1.63. The molecule has 7 nitrogen and oxygen atoms in total. The highest BCUT2D eigenvalue weighted by Gasteiger charge is 2.22. The van der Waals surface area contributed by atoms with Gasteiger partial charge < -0.3 is 19.5 Å². The summed E-state index contributed by atoms with van der Waals surface area (Å²) in [5.74, 6) is 1.86. The zero-order valence-electron chi connectivity index (χ0n) is 16.6. The number of benzene rings is 1. The van der Waals surface area contributed by atoms with Crippen LogP contribution < -0.4 is 19.5 Å². The first-order chi connectivity index (χ1) is 13.6. The van der Waals surface area contributed by atoms with Crippen LogP contribution in [0.5, 0.6) is 17.4 Å². The van der Waals surface area contributed by atoms with Crippen LogP contribution in [0.25, 0.3) is 0 Å². The van der Waals surface area contributed by atoms with Crippen molar-refractivity contribution >= 4 is 5.91 Å². The van der Waals surface area contributed by atoms with Crippen molar-refractivity contribution in [2.75, 3.05) is 33.9 Å². The Morgan fingerprint density at radius 1 is 1.32 bits per heavy atom. The lowest BCUT2D eigenvalue weighted by atomic mass is 10.2. The van der Waals surface area contributed by atoms with E-state index >= 15 is 0 Å². The lowest BCUT2D eigenvalue weighted by Crippen LogP contribution is -2.38. The van der Waals surface area contributed by atoms with Gasteiger partial charge in [-0.25, -0.2) is 4.98 Å². The largest absolute Gasteiger partial charge is 0.497 e. The fraction of sp³-hybridized carbons (Fsp3) is 0.429. The lowest BCUT2D eigenvalue weighted by molar-refractivity contribution is 0.0939. The molecule has 2 aromatic rings. The van der Waals surface area contributed by atoms with Crippen LogP contribution in [0.1, 0.15) is 29.3 Å². The maximum atomic E-state index is 12.4.